The average Bonchev–Trinajstić information content (AvgIpc) is 3.07. The van der Waals surface area contributed by atoms with Gasteiger partial charge < -0.3 is 5.32 Å². The molecule has 0 radical (unpaired) electrons. The van der Waals surface area contributed by atoms with E-state index in [-0.39, 0.29) is 30.4 Å². The van der Waals surface area contributed by atoms with Gasteiger partial charge in [0.1, 0.15) is 5.82 Å². The summed E-state index contributed by atoms with van der Waals surface area (Å²) in [6.07, 6.45) is 1.22. The highest BCUT2D eigenvalue weighted by Gasteiger charge is 2.46. The number of nitrogens with one attached hydrogen (secondary N) is 2. The number of rotatable bonds is 11. The Morgan fingerprint density at radius 1 is 1.00 bits per heavy atom. The first kappa shape index (κ1) is 27.2. The Labute approximate surface area is 209 Å². The molecule has 2 aromatic carbocycles. The maximum Gasteiger partial charge on any atom is 0.315 e. The van der Waals surface area contributed by atoms with Crippen LogP contribution in [0.1, 0.15) is 36.4 Å². The largest absolute Gasteiger partial charge is 0.320 e. The first-order chi connectivity index (χ1) is 16.5. The number of sulfonamides is 1. The summed E-state index contributed by atoms with van der Waals surface area (Å²) in [6, 6.07) is 19.6. The lowest BCUT2D eigenvalue weighted by atomic mass is 9.84. The molecule has 0 aliphatic carbocycles. The minimum absolute atomic E-state index is 0.00509. The highest BCUT2D eigenvalue weighted by atomic mass is 32.3. The fourth-order valence-electron chi connectivity index (χ4n) is 4.63. The lowest BCUT2D eigenvalue weighted by Gasteiger charge is -2.35. The molecule has 192 valence electrons. The highest BCUT2D eigenvalue weighted by molar-refractivity contribution is 8.02. The second-order valence-electron chi connectivity index (χ2n) is 8.72. The van der Waals surface area contributed by atoms with Crippen LogP contribution in [0.3, 0.4) is 0 Å². The number of hydrazine groups is 1. The Bertz CT molecular complexity index is 1210. The molecule has 11 heteroatoms. The summed E-state index contributed by atoms with van der Waals surface area (Å²) in [5, 5.41) is 6.66. The quantitative estimate of drug-likeness (QED) is 0.437. The predicted molar refractivity (Wildman–Crippen MR) is 139 cm³/mol. The second-order valence-corrected chi connectivity index (χ2v) is 12.5. The monoisotopic (exact) mass is 521 g/mol. The van der Waals surface area contributed by atoms with Crippen molar-refractivity contribution < 1.29 is 16.8 Å². The van der Waals surface area contributed by atoms with Crippen molar-refractivity contribution in [3.63, 3.8) is 0 Å². The topological polar surface area (TPSA) is 102 Å². The van der Waals surface area contributed by atoms with Crippen LogP contribution >= 0.6 is 0 Å². The van der Waals surface area contributed by atoms with E-state index in [9.17, 15) is 16.8 Å². The van der Waals surface area contributed by atoms with Gasteiger partial charge in [0, 0.05) is 25.6 Å². The summed E-state index contributed by atoms with van der Waals surface area (Å²) >= 11 is 0. The molecule has 2 aromatic rings. The second kappa shape index (κ2) is 11.1. The van der Waals surface area contributed by atoms with Gasteiger partial charge in [-0.3, -0.25) is 9.73 Å². The van der Waals surface area contributed by atoms with E-state index in [1.807, 2.05) is 65.6 Å². The summed E-state index contributed by atoms with van der Waals surface area (Å²) in [4.78, 5) is 0. The number of hydrogen-bond acceptors (Lipinski definition) is 7. The van der Waals surface area contributed by atoms with Crippen LogP contribution < -0.4 is 10.0 Å². The van der Waals surface area contributed by atoms with Crippen LogP contribution in [-0.2, 0) is 20.2 Å². The average molecular weight is 522 g/mol. The van der Waals surface area contributed by atoms with Gasteiger partial charge in [0.2, 0.25) is 10.0 Å². The smallest absolute Gasteiger partial charge is 0.315 e. The number of hydrogen-bond donors (Lipinski definition) is 2. The Balaban J connectivity index is 1.98. The lowest BCUT2D eigenvalue weighted by Crippen LogP contribution is -2.49. The fraction of sp³-hybridized carbons (Fsp3) is 0.417. The molecule has 0 spiro atoms. The van der Waals surface area contributed by atoms with Crippen molar-refractivity contribution >= 4 is 20.2 Å². The van der Waals surface area contributed by atoms with Crippen LogP contribution in [0.25, 0.3) is 0 Å². The molecular weight excluding hydrogens is 486 g/mol. The minimum atomic E-state index is -4.43. The summed E-state index contributed by atoms with van der Waals surface area (Å²) in [5.41, 5.74) is 2.11. The molecule has 1 aliphatic rings. The maximum absolute atomic E-state index is 13.2. The number of benzene rings is 2. The van der Waals surface area contributed by atoms with Gasteiger partial charge >= 0.3 is 10.2 Å². The van der Waals surface area contributed by atoms with E-state index in [1.165, 1.54) is 0 Å². The maximum atomic E-state index is 13.2. The SMILES string of the molecule is C=C(NS(=O)(=O)N(CCCNC)S(C)(=O)=O)N1C(c2ccccc2)C(c2ccccc2)C(C)N1C. The molecule has 35 heavy (non-hydrogen) atoms. The van der Waals surface area contributed by atoms with Crippen LogP contribution in [0.15, 0.2) is 73.1 Å². The molecule has 0 bridgehead atoms. The Hall–Kier alpha value is -2.44. The van der Waals surface area contributed by atoms with Crippen molar-refractivity contribution in [1.29, 1.82) is 0 Å². The van der Waals surface area contributed by atoms with Crippen molar-refractivity contribution in [3.8, 4) is 0 Å². The van der Waals surface area contributed by atoms with Gasteiger partial charge in [0.05, 0.1) is 12.3 Å². The molecule has 2 N–H and O–H groups in total. The summed E-state index contributed by atoms with van der Waals surface area (Å²) in [7, 11) is -4.86. The zero-order valence-electron chi connectivity index (χ0n) is 20.6. The summed E-state index contributed by atoms with van der Waals surface area (Å²) in [5.74, 6) is 0.0837. The third kappa shape index (κ3) is 6.04. The minimum Gasteiger partial charge on any atom is -0.320 e. The van der Waals surface area contributed by atoms with Crippen LogP contribution in [0.5, 0.6) is 0 Å². The lowest BCUT2D eigenvalue weighted by molar-refractivity contribution is 0.0353. The van der Waals surface area contributed by atoms with Crippen molar-refractivity contribution in [2.75, 3.05) is 33.4 Å². The number of nitrogens with zero attached hydrogens (tertiary/aromatic N) is 3. The van der Waals surface area contributed by atoms with Crippen LogP contribution in [0.4, 0.5) is 0 Å². The van der Waals surface area contributed by atoms with Crippen molar-refractivity contribution in [1.82, 2.24) is 23.8 Å². The summed E-state index contributed by atoms with van der Waals surface area (Å²) in [6.45, 7) is 6.41. The zero-order valence-corrected chi connectivity index (χ0v) is 22.3. The van der Waals surface area contributed by atoms with Gasteiger partial charge in [0.15, 0.2) is 0 Å². The van der Waals surface area contributed by atoms with Crippen LogP contribution in [-0.4, -0.2) is 70.0 Å². The Kier molecular flexibility index (Phi) is 8.60. The molecule has 3 atom stereocenters. The normalized spacial score (nSPS) is 21.4. The standard InChI is InChI=1S/C24H35N5O4S2/c1-19-23(21-13-8-6-9-14-21)24(22-15-10-7-11-16-22)29(27(19)4)20(2)26-35(32,33)28(34(5,30)31)18-12-17-25-3/h6-11,13-16,19,23-26H,2,12,17-18H2,1,3-5H3. The van der Waals surface area contributed by atoms with Crippen molar-refractivity contribution in [2.24, 2.45) is 0 Å². The molecule has 3 unspecified atom stereocenters. The molecule has 1 heterocycles. The van der Waals surface area contributed by atoms with E-state index >= 15 is 0 Å². The molecule has 0 aromatic heterocycles. The fourth-order valence-corrected chi connectivity index (χ4v) is 7.49. The van der Waals surface area contributed by atoms with Crippen LogP contribution in [0.2, 0.25) is 0 Å². The van der Waals surface area contributed by atoms with E-state index in [1.54, 1.807) is 7.05 Å². The first-order valence-electron chi connectivity index (χ1n) is 11.4. The molecular formula is C24H35N5O4S2. The predicted octanol–water partition coefficient (Wildman–Crippen LogP) is 2.24. The molecule has 0 amide bonds. The molecule has 1 fully saturated rings. The molecule has 0 saturated carbocycles. The van der Waals surface area contributed by atoms with Gasteiger partial charge in [-0.05, 0) is 38.1 Å². The van der Waals surface area contributed by atoms with E-state index in [2.05, 4.69) is 35.7 Å². The first-order valence-corrected chi connectivity index (χ1v) is 14.7. The third-order valence-electron chi connectivity index (χ3n) is 6.31. The van der Waals surface area contributed by atoms with Gasteiger partial charge in [-0.2, -0.15) is 8.42 Å². The highest BCUT2D eigenvalue weighted by Crippen LogP contribution is 2.47. The Morgan fingerprint density at radius 2 is 1.54 bits per heavy atom. The van der Waals surface area contributed by atoms with E-state index < -0.39 is 20.2 Å². The van der Waals surface area contributed by atoms with E-state index in [4.69, 9.17) is 0 Å². The van der Waals surface area contributed by atoms with E-state index in [0.29, 0.717) is 16.7 Å². The number of likely N-dealkylation sites (N-methyl/N-ethyl adjacent to an activating group) is 1. The molecule has 1 saturated heterocycles. The zero-order chi connectivity index (χ0) is 25.8. The van der Waals surface area contributed by atoms with Gasteiger partial charge in [0.25, 0.3) is 0 Å². The van der Waals surface area contributed by atoms with Gasteiger partial charge in [-0.25, -0.2) is 13.4 Å². The van der Waals surface area contributed by atoms with Gasteiger partial charge in [-0.1, -0.05) is 71.0 Å². The molecule has 9 nitrogen and oxygen atoms in total. The Morgan fingerprint density at radius 3 is 2.06 bits per heavy atom. The molecule has 3 rings (SSSR count). The van der Waals surface area contributed by atoms with Crippen molar-refractivity contribution in [2.45, 2.75) is 31.3 Å². The molecule has 1 aliphatic heterocycles. The van der Waals surface area contributed by atoms with Crippen molar-refractivity contribution in [3.05, 3.63) is 84.2 Å². The third-order valence-corrected chi connectivity index (χ3v) is 9.84. The summed E-state index contributed by atoms with van der Waals surface area (Å²) < 4.78 is 54.1. The van der Waals surface area contributed by atoms with E-state index in [0.717, 1.165) is 17.4 Å². The van der Waals surface area contributed by atoms with Crippen LogP contribution in [0, 0.1) is 0 Å². The van der Waals surface area contributed by atoms with Gasteiger partial charge in [-0.15, -0.1) is 0 Å².